The lowest BCUT2D eigenvalue weighted by Gasteiger charge is -2.13. The number of para-hydroxylation sites is 1. The molecule has 0 fully saturated rings. The summed E-state index contributed by atoms with van der Waals surface area (Å²) in [7, 11) is -3.62. The number of sulfonamides is 1. The highest BCUT2D eigenvalue weighted by atomic mass is 32.2. The Morgan fingerprint density at radius 2 is 1.73 bits per heavy atom. The van der Waals surface area contributed by atoms with Gasteiger partial charge < -0.3 is 9.84 Å². The summed E-state index contributed by atoms with van der Waals surface area (Å²) >= 11 is 0. The van der Waals surface area contributed by atoms with Crippen molar-refractivity contribution in [2.45, 2.75) is 17.9 Å². The lowest BCUT2D eigenvalue weighted by molar-refractivity contribution is 0.111. The van der Waals surface area contributed by atoms with Crippen molar-refractivity contribution >= 4 is 10.0 Å². The normalized spacial score (nSPS) is 12.8. The van der Waals surface area contributed by atoms with Crippen LogP contribution in [0.5, 0.6) is 5.75 Å². The monoisotopic (exact) mass is 321 g/mol. The van der Waals surface area contributed by atoms with Crippen molar-refractivity contribution in [2.24, 2.45) is 0 Å². The molecule has 2 aromatic rings. The Kier molecular flexibility index (Phi) is 5.54. The molecule has 0 heterocycles. The predicted octanol–water partition coefficient (Wildman–Crippen LogP) is 1.71. The van der Waals surface area contributed by atoms with Crippen LogP contribution in [0.15, 0.2) is 59.5 Å². The molecule has 6 heteroatoms. The van der Waals surface area contributed by atoms with Gasteiger partial charge in [-0.1, -0.05) is 35.9 Å². The zero-order chi connectivity index (χ0) is 16.0. The molecule has 22 heavy (non-hydrogen) atoms. The Labute approximate surface area is 130 Å². The molecule has 0 radical (unpaired) electrons. The zero-order valence-corrected chi connectivity index (χ0v) is 13.1. The van der Waals surface area contributed by atoms with Crippen molar-refractivity contribution in [1.82, 2.24) is 4.72 Å². The molecular weight excluding hydrogens is 302 g/mol. The minimum absolute atomic E-state index is 0.0143. The molecule has 2 aromatic carbocycles. The first-order valence-electron chi connectivity index (χ1n) is 6.89. The molecule has 1 unspecified atom stereocenters. The van der Waals surface area contributed by atoms with E-state index in [-0.39, 0.29) is 18.0 Å². The van der Waals surface area contributed by atoms with Crippen LogP contribution < -0.4 is 9.46 Å². The van der Waals surface area contributed by atoms with Crippen LogP contribution in [0.2, 0.25) is 0 Å². The fourth-order valence-corrected chi connectivity index (χ4v) is 2.85. The summed E-state index contributed by atoms with van der Waals surface area (Å²) in [5.74, 6) is 0.628. The molecular formula is C16H19NO4S. The van der Waals surface area contributed by atoms with Crippen molar-refractivity contribution < 1.29 is 18.3 Å². The molecule has 118 valence electrons. The molecule has 0 saturated heterocycles. The summed E-state index contributed by atoms with van der Waals surface area (Å²) in [4.78, 5) is 0.175. The van der Waals surface area contributed by atoms with Crippen LogP contribution in [0, 0.1) is 6.92 Å². The third-order valence-corrected chi connectivity index (χ3v) is 4.47. The molecule has 0 aliphatic carbocycles. The molecule has 0 aliphatic rings. The molecule has 2 N–H and O–H groups in total. The fraction of sp³-hybridized carbons (Fsp3) is 0.250. The Hall–Kier alpha value is -1.89. The maximum atomic E-state index is 12.1. The Bertz CT molecular complexity index is 684. The summed E-state index contributed by atoms with van der Waals surface area (Å²) in [6.45, 7) is 1.79. The zero-order valence-electron chi connectivity index (χ0n) is 12.3. The van der Waals surface area contributed by atoms with Gasteiger partial charge >= 0.3 is 0 Å². The quantitative estimate of drug-likeness (QED) is 0.814. The first-order valence-corrected chi connectivity index (χ1v) is 8.38. The first-order chi connectivity index (χ1) is 10.5. The van der Waals surface area contributed by atoms with Crippen LogP contribution in [-0.4, -0.2) is 32.8 Å². The highest BCUT2D eigenvalue weighted by Gasteiger charge is 2.15. The topological polar surface area (TPSA) is 75.6 Å². The molecule has 5 nitrogen and oxygen atoms in total. The van der Waals surface area contributed by atoms with E-state index in [1.807, 2.05) is 25.1 Å². The molecule has 0 bridgehead atoms. The van der Waals surface area contributed by atoms with E-state index < -0.39 is 16.1 Å². The number of aliphatic hydroxyl groups excluding tert-OH is 1. The van der Waals surface area contributed by atoms with Crippen molar-refractivity contribution in [2.75, 3.05) is 13.2 Å². The van der Waals surface area contributed by atoms with Gasteiger partial charge in [0.2, 0.25) is 10.0 Å². The van der Waals surface area contributed by atoms with Crippen LogP contribution in [0.3, 0.4) is 0 Å². The number of ether oxygens (including phenoxy) is 1. The van der Waals surface area contributed by atoms with E-state index in [4.69, 9.17) is 4.74 Å². The highest BCUT2D eigenvalue weighted by Crippen LogP contribution is 2.10. The number of aliphatic hydroxyl groups is 1. The van der Waals surface area contributed by atoms with Gasteiger partial charge in [-0.15, -0.1) is 0 Å². The van der Waals surface area contributed by atoms with E-state index in [9.17, 15) is 13.5 Å². The number of nitrogens with one attached hydrogen (secondary N) is 1. The van der Waals surface area contributed by atoms with Crippen molar-refractivity contribution in [3.8, 4) is 5.75 Å². The molecule has 0 spiro atoms. The highest BCUT2D eigenvalue weighted by molar-refractivity contribution is 7.89. The van der Waals surface area contributed by atoms with E-state index in [2.05, 4.69) is 4.72 Å². The molecule has 0 aliphatic heterocycles. The van der Waals surface area contributed by atoms with Gasteiger partial charge in [-0.25, -0.2) is 13.1 Å². The molecule has 1 atom stereocenters. The van der Waals surface area contributed by atoms with Gasteiger partial charge in [0.1, 0.15) is 18.5 Å². The number of hydrogen-bond donors (Lipinski definition) is 2. The SMILES string of the molecule is Cc1ccc(S(=O)(=O)NCC(O)COc2ccccc2)cc1. The summed E-state index contributed by atoms with van der Waals surface area (Å²) in [5.41, 5.74) is 0.982. The van der Waals surface area contributed by atoms with E-state index >= 15 is 0 Å². The second-order valence-electron chi connectivity index (χ2n) is 4.94. The van der Waals surface area contributed by atoms with E-state index in [0.717, 1.165) is 5.56 Å². The number of aryl methyl sites for hydroxylation is 1. The number of hydrogen-bond acceptors (Lipinski definition) is 4. The summed E-state index contributed by atoms with van der Waals surface area (Å²) in [6.07, 6.45) is -0.930. The minimum atomic E-state index is -3.62. The van der Waals surface area contributed by atoms with Crippen LogP contribution >= 0.6 is 0 Å². The third-order valence-electron chi connectivity index (χ3n) is 3.03. The van der Waals surface area contributed by atoms with Crippen LogP contribution in [-0.2, 0) is 10.0 Å². The average molecular weight is 321 g/mol. The average Bonchev–Trinajstić information content (AvgIpc) is 2.52. The Balaban J connectivity index is 1.85. The third kappa shape index (κ3) is 4.84. The van der Waals surface area contributed by atoms with Gasteiger partial charge in [0, 0.05) is 6.54 Å². The van der Waals surface area contributed by atoms with Crippen LogP contribution in [0.1, 0.15) is 5.56 Å². The maximum Gasteiger partial charge on any atom is 0.240 e. The van der Waals surface area contributed by atoms with Gasteiger partial charge in [0.15, 0.2) is 0 Å². The second kappa shape index (κ2) is 7.40. The predicted molar refractivity (Wildman–Crippen MR) is 84.3 cm³/mol. The van der Waals surface area contributed by atoms with E-state index in [0.29, 0.717) is 5.75 Å². The van der Waals surface area contributed by atoms with Gasteiger partial charge in [0.25, 0.3) is 0 Å². The number of benzene rings is 2. The standard InChI is InChI=1S/C16H19NO4S/c1-13-7-9-16(10-8-13)22(19,20)17-11-14(18)12-21-15-5-3-2-4-6-15/h2-10,14,17-18H,11-12H2,1H3. The van der Waals surface area contributed by atoms with E-state index in [1.54, 1.807) is 24.3 Å². The fourth-order valence-electron chi connectivity index (χ4n) is 1.77. The van der Waals surface area contributed by atoms with Crippen molar-refractivity contribution in [3.63, 3.8) is 0 Å². The Morgan fingerprint density at radius 1 is 1.09 bits per heavy atom. The smallest absolute Gasteiger partial charge is 0.240 e. The van der Waals surface area contributed by atoms with Gasteiger partial charge in [-0.05, 0) is 31.2 Å². The molecule has 0 amide bonds. The maximum absolute atomic E-state index is 12.1. The second-order valence-corrected chi connectivity index (χ2v) is 6.71. The lowest BCUT2D eigenvalue weighted by atomic mass is 10.2. The van der Waals surface area contributed by atoms with Crippen LogP contribution in [0.4, 0.5) is 0 Å². The summed E-state index contributed by atoms with van der Waals surface area (Å²) < 4.78 is 31.9. The largest absolute Gasteiger partial charge is 0.491 e. The van der Waals surface area contributed by atoms with Crippen molar-refractivity contribution in [3.05, 3.63) is 60.2 Å². The minimum Gasteiger partial charge on any atom is -0.491 e. The molecule has 0 aromatic heterocycles. The van der Waals surface area contributed by atoms with Gasteiger partial charge in [0.05, 0.1) is 4.90 Å². The van der Waals surface area contributed by atoms with Gasteiger partial charge in [-0.2, -0.15) is 0 Å². The van der Waals surface area contributed by atoms with Gasteiger partial charge in [-0.3, -0.25) is 0 Å². The van der Waals surface area contributed by atoms with Crippen LogP contribution in [0.25, 0.3) is 0 Å². The first kappa shape index (κ1) is 16.5. The molecule has 2 rings (SSSR count). The summed E-state index contributed by atoms with van der Waals surface area (Å²) in [5, 5.41) is 9.81. The lowest BCUT2D eigenvalue weighted by Crippen LogP contribution is -2.35. The van der Waals surface area contributed by atoms with Crippen molar-refractivity contribution in [1.29, 1.82) is 0 Å². The molecule has 0 saturated carbocycles. The summed E-state index contributed by atoms with van der Waals surface area (Å²) in [6, 6.07) is 15.6. The Morgan fingerprint density at radius 3 is 2.36 bits per heavy atom. The van der Waals surface area contributed by atoms with E-state index in [1.165, 1.54) is 12.1 Å². The number of rotatable bonds is 7.